The Labute approximate surface area is 107 Å². The molecule has 16 heavy (non-hydrogen) atoms. The van der Waals surface area contributed by atoms with E-state index in [-0.39, 0.29) is 0 Å². The third kappa shape index (κ3) is 4.56. The molecular weight excluding hydrogens is 264 g/mol. The zero-order valence-electron chi connectivity index (χ0n) is 10.2. The number of hydrogen-bond acceptors (Lipinski definition) is 1. The van der Waals surface area contributed by atoms with Gasteiger partial charge in [-0.25, -0.2) is 0 Å². The van der Waals surface area contributed by atoms with Crippen LogP contribution in [0, 0.1) is 0 Å². The lowest BCUT2D eigenvalue weighted by Gasteiger charge is -2.10. The number of alkyl halides is 1. The number of methoxy groups -OCH3 is 1. The predicted octanol–water partition coefficient (Wildman–Crippen LogP) is 5.10. The molecule has 0 bridgehead atoms. The van der Waals surface area contributed by atoms with E-state index >= 15 is 0 Å². The molecule has 0 radical (unpaired) electrons. The molecule has 0 aliphatic heterocycles. The lowest BCUT2D eigenvalue weighted by atomic mass is 10.1. The molecule has 0 aliphatic rings. The molecule has 1 rings (SSSR count). The highest BCUT2D eigenvalue weighted by molar-refractivity contribution is 9.09. The van der Waals surface area contributed by atoms with E-state index in [1.807, 2.05) is 12.1 Å². The Morgan fingerprint density at radius 1 is 1.12 bits per heavy atom. The molecule has 0 saturated heterocycles. The maximum absolute atomic E-state index is 5.15. The van der Waals surface area contributed by atoms with Crippen LogP contribution in [0.3, 0.4) is 0 Å². The van der Waals surface area contributed by atoms with Gasteiger partial charge in [-0.15, -0.1) is 0 Å². The lowest BCUT2D eigenvalue weighted by molar-refractivity contribution is 0.414. The summed E-state index contributed by atoms with van der Waals surface area (Å²) >= 11 is 3.74. The zero-order valence-corrected chi connectivity index (χ0v) is 11.8. The summed E-state index contributed by atoms with van der Waals surface area (Å²) in [5.41, 5.74) is 1.34. The molecule has 0 heterocycles. The average molecular weight is 285 g/mol. The lowest BCUT2D eigenvalue weighted by Crippen LogP contribution is -1.91. The molecule has 1 atom stereocenters. The maximum Gasteiger partial charge on any atom is 0.118 e. The quantitative estimate of drug-likeness (QED) is 0.500. The molecule has 1 aromatic carbocycles. The van der Waals surface area contributed by atoms with E-state index in [9.17, 15) is 0 Å². The minimum absolute atomic E-state index is 0.482. The zero-order chi connectivity index (χ0) is 11.8. The van der Waals surface area contributed by atoms with Gasteiger partial charge >= 0.3 is 0 Å². The minimum atomic E-state index is 0.482. The van der Waals surface area contributed by atoms with E-state index in [1.54, 1.807) is 7.11 Å². The van der Waals surface area contributed by atoms with Crippen LogP contribution in [0.2, 0.25) is 0 Å². The fourth-order valence-corrected chi connectivity index (χ4v) is 2.36. The first-order valence-electron chi connectivity index (χ1n) is 6.06. The van der Waals surface area contributed by atoms with E-state index in [2.05, 4.69) is 35.0 Å². The van der Waals surface area contributed by atoms with Gasteiger partial charge in [0.05, 0.1) is 7.11 Å². The van der Waals surface area contributed by atoms with Gasteiger partial charge in [0, 0.05) is 4.83 Å². The Kier molecular flexibility index (Phi) is 6.55. The van der Waals surface area contributed by atoms with Crippen molar-refractivity contribution in [1.29, 1.82) is 0 Å². The van der Waals surface area contributed by atoms with E-state index in [4.69, 9.17) is 4.74 Å². The second-order valence-electron chi connectivity index (χ2n) is 4.09. The van der Waals surface area contributed by atoms with Crippen LogP contribution in [-0.2, 0) is 0 Å². The fraction of sp³-hybridized carbons (Fsp3) is 0.571. The van der Waals surface area contributed by atoms with E-state index in [0.717, 1.165) is 5.75 Å². The standard InChI is InChI=1S/C14H21BrO/c1-3-4-5-6-7-14(15)12-8-10-13(16-2)11-9-12/h8-11,14H,3-7H2,1-2H3. The predicted molar refractivity (Wildman–Crippen MR) is 73.4 cm³/mol. The number of benzene rings is 1. The van der Waals surface area contributed by atoms with Crippen LogP contribution in [0.25, 0.3) is 0 Å². The van der Waals surface area contributed by atoms with E-state index in [1.165, 1.54) is 37.7 Å². The maximum atomic E-state index is 5.15. The summed E-state index contributed by atoms with van der Waals surface area (Å²) in [6.07, 6.45) is 6.51. The highest BCUT2D eigenvalue weighted by atomic mass is 79.9. The first-order valence-corrected chi connectivity index (χ1v) is 6.97. The summed E-state index contributed by atoms with van der Waals surface area (Å²) in [6.45, 7) is 2.25. The van der Waals surface area contributed by atoms with Crippen molar-refractivity contribution in [3.8, 4) is 5.75 Å². The summed E-state index contributed by atoms with van der Waals surface area (Å²) in [6, 6.07) is 8.32. The normalized spacial score (nSPS) is 12.4. The summed E-state index contributed by atoms with van der Waals surface area (Å²) < 4.78 is 5.15. The van der Waals surface area contributed by atoms with E-state index in [0.29, 0.717) is 4.83 Å². The van der Waals surface area contributed by atoms with Crippen molar-refractivity contribution >= 4 is 15.9 Å². The monoisotopic (exact) mass is 284 g/mol. The summed E-state index contributed by atoms with van der Waals surface area (Å²) in [7, 11) is 1.70. The molecule has 0 N–H and O–H groups in total. The largest absolute Gasteiger partial charge is 0.497 e. The third-order valence-electron chi connectivity index (χ3n) is 2.79. The van der Waals surface area contributed by atoms with Gasteiger partial charge < -0.3 is 4.74 Å². The third-order valence-corrected chi connectivity index (χ3v) is 3.78. The van der Waals surface area contributed by atoms with Crippen molar-refractivity contribution in [3.05, 3.63) is 29.8 Å². The van der Waals surface area contributed by atoms with Crippen molar-refractivity contribution in [2.24, 2.45) is 0 Å². The van der Waals surface area contributed by atoms with Crippen molar-refractivity contribution in [2.45, 2.75) is 43.9 Å². The smallest absolute Gasteiger partial charge is 0.118 e. The average Bonchev–Trinajstić information content (AvgIpc) is 2.34. The summed E-state index contributed by atoms with van der Waals surface area (Å²) in [5.74, 6) is 0.925. The Bertz CT molecular complexity index is 281. The van der Waals surface area contributed by atoms with Gasteiger partial charge in [0.15, 0.2) is 0 Å². The SMILES string of the molecule is CCCCCCC(Br)c1ccc(OC)cc1. The number of halogens is 1. The van der Waals surface area contributed by atoms with Gasteiger partial charge in [-0.1, -0.05) is 60.7 Å². The molecule has 1 aromatic rings. The molecule has 0 aliphatic carbocycles. The van der Waals surface area contributed by atoms with Crippen molar-refractivity contribution in [3.63, 3.8) is 0 Å². The number of ether oxygens (including phenoxy) is 1. The number of rotatable bonds is 7. The van der Waals surface area contributed by atoms with Gasteiger partial charge in [0.25, 0.3) is 0 Å². The number of unbranched alkanes of at least 4 members (excludes halogenated alkanes) is 3. The summed E-state index contributed by atoms with van der Waals surface area (Å²) in [4.78, 5) is 0.482. The second kappa shape index (κ2) is 7.72. The summed E-state index contributed by atoms with van der Waals surface area (Å²) in [5, 5.41) is 0. The first-order chi connectivity index (χ1) is 7.77. The molecule has 90 valence electrons. The van der Waals surface area contributed by atoms with Crippen LogP contribution in [0.15, 0.2) is 24.3 Å². The molecular formula is C14H21BrO. The van der Waals surface area contributed by atoms with Crippen LogP contribution in [0.5, 0.6) is 5.75 Å². The van der Waals surface area contributed by atoms with Crippen LogP contribution in [0.1, 0.15) is 49.4 Å². The highest BCUT2D eigenvalue weighted by Crippen LogP contribution is 2.29. The van der Waals surface area contributed by atoms with Gasteiger partial charge in [-0.3, -0.25) is 0 Å². The van der Waals surface area contributed by atoms with Crippen LogP contribution in [0.4, 0.5) is 0 Å². The van der Waals surface area contributed by atoms with Gasteiger partial charge in [-0.2, -0.15) is 0 Å². The van der Waals surface area contributed by atoms with Crippen LogP contribution >= 0.6 is 15.9 Å². The van der Waals surface area contributed by atoms with Crippen LogP contribution < -0.4 is 4.74 Å². The Morgan fingerprint density at radius 2 is 1.81 bits per heavy atom. The first kappa shape index (κ1) is 13.6. The molecule has 0 fully saturated rings. The molecule has 2 heteroatoms. The van der Waals surface area contributed by atoms with Crippen molar-refractivity contribution in [2.75, 3.05) is 7.11 Å². The van der Waals surface area contributed by atoms with Gasteiger partial charge in [0.1, 0.15) is 5.75 Å². The molecule has 0 saturated carbocycles. The Hall–Kier alpha value is -0.500. The van der Waals surface area contributed by atoms with Crippen LogP contribution in [-0.4, -0.2) is 7.11 Å². The molecule has 0 spiro atoms. The van der Waals surface area contributed by atoms with Gasteiger partial charge in [0.2, 0.25) is 0 Å². The molecule has 1 nitrogen and oxygen atoms in total. The highest BCUT2D eigenvalue weighted by Gasteiger charge is 2.06. The second-order valence-corrected chi connectivity index (χ2v) is 5.20. The minimum Gasteiger partial charge on any atom is -0.497 e. The van der Waals surface area contributed by atoms with Crippen molar-refractivity contribution < 1.29 is 4.74 Å². The van der Waals surface area contributed by atoms with Gasteiger partial charge in [-0.05, 0) is 24.1 Å². The molecule has 1 unspecified atom stereocenters. The fourth-order valence-electron chi connectivity index (χ4n) is 1.73. The Balaban J connectivity index is 2.37. The topological polar surface area (TPSA) is 9.23 Å². The number of hydrogen-bond donors (Lipinski definition) is 0. The van der Waals surface area contributed by atoms with Crippen molar-refractivity contribution in [1.82, 2.24) is 0 Å². The van der Waals surface area contributed by atoms with E-state index < -0.39 is 0 Å². The molecule has 0 amide bonds. The Morgan fingerprint density at radius 3 is 2.38 bits per heavy atom. The molecule has 0 aromatic heterocycles.